The third-order valence-corrected chi connectivity index (χ3v) is 1.92. The van der Waals surface area contributed by atoms with E-state index in [1.54, 1.807) is 6.26 Å². The number of hydrogen-bond donors (Lipinski definition) is 1. The fraction of sp³-hybridized carbons (Fsp3) is 0.545. The summed E-state index contributed by atoms with van der Waals surface area (Å²) < 4.78 is 5.15. The molecule has 0 unspecified atom stereocenters. The van der Waals surface area contributed by atoms with Gasteiger partial charge in [-0.15, -0.1) is 0 Å². The standard InChI is InChI=1S/C11H17NO2/c1-11(2,3)10(13)12-7-6-9-5-4-8-14-9/h4-5,8H,6-7H2,1-3H3,(H,12,13). The molecule has 14 heavy (non-hydrogen) atoms. The number of rotatable bonds is 3. The van der Waals surface area contributed by atoms with Crippen LogP contribution in [0.1, 0.15) is 26.5 Å². The third kappa shape index (κ3) is 3.24. The lowest BCUT2D eigenvalue weighted by molar-refractivity contribution is -0.128. The highest BCUT2D eigenvalue weighted by Gasteiger charge is 2.20. The van der Waals surface area contributed by atoms with Crippen molar-refractivity contribution in [3.8, 4) is 0 Å². The Hall–Kier alpha value is -1.25. The Kier molecular flexibility index (Phi) is 3.33. The van der Waals surface area contributed by atoms with Crippen LogP contribution in [0.15, 0.2) is 22.8 Å². The summed E-state index contributed by atoms with van der Waals surface area (Å²) in [6.45, 7) is 6.32. The number of furan rings is 1. The lowest BCUT2D eigenvalue weighted by Gasteiger charge is -2.17. The monoisotopic (exact) mass is 195 g/mol. The third-order valence-electron chi connectivity index (χ3n) is 1.92. The van der Waals surface area contributed by atoms with E-state index >= 15 is 0 Å². The number of amides is 1. The Balaban J connectivity index is 2.26. The van der Waals surface area contributed by atoms with Crippen molar-refractivity contribution in [2.75, 3.05) is 6.54 Å². The van der Waals surface area contributed by atoms with Crippen LogP contribution < -0.4 is 5.32 Å². The van der Waals surface area contributed by atoms with Gasteiger partial charge in [-0.3, -0.25) is 4.79 Å². The van der Waals surface area contributed by atoms with Crippen LogP contribution in [0.5, 0.6) is 0 Å². The van der Waals surface area contributed by atoms with Gasteiger partial charge in [0, 0.05) is 18.4 Å². The van der Waals surface area contributed by atoms with Gasteiger partial charge in [0.25, 0.3) is 0 Å². The summed E-state index contributed by atoms with van der Waals surface area (Å²) in [7, 11) is 0. The molecule has 0 aromatic carbocycles. The van der Waals surface area contributed by atoms with E-state index in [4.69, 9.17) is 4.42 Å². The van der Waals surface area contributed by atoms with Crippen LogP contribution in [0.25, 0.3) is 0 Å². The summed E-state index contributed by atoms with van der Waals surface area (Å²) in [5.74, 6) is 0.975. The molecule has 0 bridgehead atoms. The predicted molar refractivity (Wildman–Crippen MR) is 54.9 cm³/mol. The van der Waals surface area contributed by atoms with E-state index in [9.17, 15) is 4.79 Å². The van der Waals surface area contributed by atoms with Gasteiger partial charge in [-0.1, -0.05) is 20.8 Å². The average molecular weight is 195 g/mol. The molecule has 3 nitrogen and oxygen atoms in total. The number of carbonyl (C=O) groups is 1. The van der Waals surface area contributed by atoms with Gasteiger partial charge in [-0.25, -0.2) is 0 Å². The molecule has 0 fully saturated rings. The fourth-order valence-corrected chi connectivity index (χ4v) is 1.02. The first-order valence-corrected chi connectivity index (χ1v) is 4.81. The first kappa shape index (κ1) is 10.8. The quantitative estimate of drug-likeness (QED) is 0.801. The molecule has 1 rings (SSSR count). The molecule has 0 aliphatic heterocycles. The maximum absolute atomic E-state index is 11.5. The molecular weight excluding hydrogens is 178 g/mol. The molecular formula is C11H17NO2. The van der Waals surface area contributed by atoms with Crippen molar-refractivity contribution in [2.24, 2.45) is 5.41 Å². The zero-order chi connectivity index (χ0) is 10.6. The Labute approximate surface area is 84.5 Å². The Bertz CT molecular complexity index is 283. The van der Waals surface area contributed by atoms with Crippen LogP contribution in [-0.4, -0.2) is 12.5 Å². The van der Waals surface area contributed by atoms with Gasteiger partial charge >= 0.3 is 0 Å². The SMILES string of the molecule is CC(C)(C)C(=O)NCCc1ccco1. The minimum Gasteiger partial charge on any atom is -0.469 e. The first-order valence-electron chi connectivity index (χ1n) is 4.81. The summed E-state index contributed by atoms with van der Waals surface area (Å²) >= 11 is 0. The van der Waals surface area contributed by atoms with Gasteiger partial charge in [0.05, 0.1) is 6.26 Å². The number of carbonyl (C=O) groups excluding carboxylic acids is 1. The summed E-state index contributed by atoms with van der Waals surface area (Å²) in [4.78, 5) is 11.5. The number of nitrogens with one attached hydrogen (secondary N) is 1. The van der Waals surface area contributed by atoms with Crippen LogP contribution in [0, 0.1) is 5.41 Å². The molecule has 0 atom stereocenters. The van der Waals surface area contributed by atoms with E-state index in [0.717, 1.165) is 12.2 Å². The van der Waals surface area contributed by atoms with Gasteiger partial charge in [0.2, 0.25) is 5.91 Å². The van der Waals surface area contributed by atoms with Crippen molar-refractivity contribution >= 4 is 5.91 Å². The van der Waals surface area contributed by atoms with Crippen LogP contribution in [0.3, 0.4) is 0 Å². The van der Waals surface area contributed by atoms with Gasteiger partial charge < -0.3 is 9.73 Å². The molecule has 1 aromatic heterocycles. The number of hydrogen-bond acceptors (Lipinski definition) is 2. The van der Waals surface area contributed by atoms with Crippen LogP contribution in [0.4, 0.5) is 0 Å². The Morgan fingerprint density at radius 3 is 2.71 bits per heavy atom. The second kappa shape index (κ2) is 4.31. The summed E-state index contributed by atoms with van der Waals surface area (Å²) in [5.41, 5.74) is -0.316. The lowest BCUT2D eigenvalue weighted by Crippen LogP contribution is -2.35. The zero-order valence-electron chi connectivity index (χ0n) is 8.96. The van der Waals surface area contributed by atoms with Crippen molar-refractivity contribution in [3.05, 3.63) is 24.2 Å². The predicted octanol–water partition coefficient (Wildman–Crippen LogP) is 1.98. The van der Waals surface area contributed by atoms with Gasteiger partial charge in [-0.2, -0.15) is 0 Å². The van der Waals surface area contributed by atoms with Crippen molar-refractivity contribution < 1.29 is 9.21 Å². The van der Waals surface area contributed by atoms with Crippen molar-refractivity contribution in [1.82, 2.24) is 5.32 Å². The van der Waals surface area contributed by atoms with Crippen molar-refractivity contribution in [1.29, 1.82) is 0 Å². The van der Waals surface area contributed by atoms with Gasteiger partial charge in [0.1, 0.15) is 5.76 Å². The van der Waals surface area contributed by atoms with E-state index in [2.05, 4.69) is 5.32 Å². The highest BCUT2D eigenvalue weighted by molar-refractivity contribution is 5.81. The average Bonchev–Trinajstić information content (AvgIpc) is 2.55. The molecule has 0 spiro atoms. The molecule has 0 radical (unpaired) electrons. The lowest BCUT2D eigenvalue weighted by atomic mass is 9.96. The van der Waals surface area contributed by atoms with E-state index < -0.39 is 0 Å². The van der Waals surface area contributed by atoms with E-state index in [1.165, 1.54) is 0 Å². The smallest absolute Gasteiger partial charge is 0.225 e. The van der Waals surface area contributed by atoms with Gasteiger partial charge in [0.15, 0.2) is 0 Å². The molecule has 1 aromatic rings. The summed E-state index contributed by atoms with van der Waals surface area (Å²) in [6, 6.07) is 3.75. The van der Waals surface area contributed by atoms with Crippen molar-refractivity contribution in [3.63, 3.8) is 0 Å². The summed E-state index contributed by atoms with van der Waals surface area (Å²) in [5, 5.41) is 2.86. The molecule has 0 saturated carbocycles. The highest BCUT2D eigenvalue weighted by Crippen LogP contribution is 2.12. The maximum atomic E-state index is 11.5. The van der Waals surface area contributed by atoms with Crippen LogP contribution in [-0.2, 0) is 11.2 Å². The molecule has 0 aliphatic rings. The second-order valence-corrected chi connectivity index (χ2v) is 4.34. The second-order valence-electron chi connectivity index (χ2n) is 4.34. The Morgan fingerprint density at radius 2 is 2.21 bits per heavy atom. The molecule has 0 aliphatic carbocycles. The van der Waals surface area contributed by atoms with E-state index in [0.29, 0.717) is 6.54 Å². The van der Waals surface area contributed by atoms with Gasteiger partial charge in [-0.05, 0) is 12.1 Å². The first-order chi connectivity index (χ1) is 6.50. The fourth-order valence-electron chi connectivity index (χ4n) is 1.02. The summed E-state index contributed by atoms with van der Waals surface area (Å²) in [6.07, 6.45) is 2.38. The molecule has 1 heterocycles. The topological polar surface area (TPSA) is 42.2 Å². The molecule has 78 valence electrons. The van der Waals surface area contributed by atoms with Crippen LogP contribution in [0.2, 0.25) is 0 Å². The van der Waals surface area contributed by atoms with Crippen LogP contribution >= 0.6 is 0 Å². The molecule has 1 N–H and O–H groups in total. The van der Waals surface area contributed by atoms with E-state index in [1.807, 2.05) is 32.9 Å². The molecule has 1 amide bonds. The minimum atomic E-state index is -0.316. The minimum absolute atomic E-state index is 0.0732. The van der Waals surface area contributed by atoms with Crippen molar-refractivity contribution in [2.45, 2.75) is 27.2 Å². The highest BCUT2D eigenvalue weighted by atomic mass is 16.3. The zero-order valence-corrected chi connectivity index (χ0v) is 8.96. The molecule has 0 saturated heterocycles. The Morgan fingerprint density at radius 1 is 1.50 bits per heavy atom. The molecule has 3 heteroatoms. The largest absolute Gasteiger partial charge is 0.469 e. The van der Waals surface area contributed by atoms with E-state index in [-0.39, 0.29) is 11.3 Å². The normalized spacial score (nSPS) is 11.4. The maximum Gasteiger partial charge on any atom is 0.225 e.